The van der Waals surface area contributed by atoms with Crippen LogP contribution in [0.1, 0.15) is 29.3 Å². The number of nitrogens with zero attached hydrogens (tertiary/aromatic N) is 2. The van der Waals surface area contributed by atoms with Gasteiger partial charge >= 0.3 is 6.18 Å². The van der Waals surface area contributed by atoms with E-state index in [1.54, 1.807) is 6.92 Å². The van der Waals surface area contributed by atoms with Crippen molar-refractivity contribution in [1.82, 2.24) is 4.57 Å². The minimum absolute atomic E-state index is 0.0582. The first-order valence-electron chi connectivity index (χ1n) is 6.78. The summed E-state index contributed by atoms with van der Waals surface area (Å²) in [5, 5.41) is 0. The van der Waals surface area contributed by atoms with Crippen LogP contribution in [-0.2, 0) is 6.18 Å². The lowest BCUT2D eigenvalue weighted by Crippen LogP contribution is -2.40. The van der Waals surface area contributed by atoms with Gasteiger partial charge in [0, 0.05) is 6.42 Å². The quantitative estimate of drug-likeness (QED) is 0.795. The van der Waals surface area contributed by atoms with Crippen molar-refractivity contribution in [2.75, 3.05) is 0 Å². The van der Waals surface area contributed by atoms with Crippen LogP contribution in [0, 0.1) is 0 Å². The van der Waals surface area contributed by atoms with E-state index in [1.165, 1.54) is 18.2 Å². The molecule has 0 amide bonds. The number of alkyl halides is 3. The third-order valence-electron chi connectivity index (χ3n) is 3.41. The smallest absolute Gasteiger partial charge is 0.274 e. The van der Waals surface area contributed by atoms with Gasteiger partial charge in [0.05, 0.1) is 16.1 Å². The van der Waals surface area contributed by atoms with Gasteiger partial charge in [-0.1, -0.05) is 29.5 Å². The van der Waals surface area contributed by atoms with Crippen LogP contribution in [0.2, 0.25) is 0 Å². The Hall–Kier alpha value is -2.22. The number of aromatic nitrogens is 1. The molecule has 23 heavy (non-hydrogen) atoms. The topological polar surface area (TPSA) is 51.4 Å². The number of fused-ring (bicyclic) bond motifs is 1. The Balaban J connectivity index is 2.25. The molecule has 0 bridgehead atoms. The summed E-state index contributed by atoms with van der Waals surface area (Å²) in [6.45, 7) is 1.74. The predicted octanol–water partition coefficient (Wildman–Crippen LogP) is 1.81. The first-order chi connectivity index (χ1) is 10.8. The molecule has 1 aromatic carbocycles. The zero-order chi connectivity index (χ0) is 16.8. The molecule has 0 aliphatic carbocycles. The van der Waals surface area contributed by atoms with E-state index in [0.29, 0.717) is 0 Å². The third kappa shape index (κ3) is 2.86. The average molecular weight is 340 g/mol. The molecule has 1 aromatic heterocycles. The molecule has 0 spiro atoms. The van der Waals surface area contributed by atoms with E-state index < -0.39 is 17.3 Å². The summed E-state index contributed by atoms with van der Waals surface area (Å²) in [5.41, 5.74) is -1.56. The Labute approximate surface area is 132 Å². The summed E-state index contributed by atoms with van der Waals surface area (Å²) in [6, 6.07) is 4.74. The van der Waals surface area contributed by atoms with Gasteiger partial charge in [-0.2, -0.15) is 13.2 Å². The van der Waals surface area contributed by atoms with Gasteiger partial charge in [-0.25, -0.2) is 4.57 Å². The fraction of sp³-hybridized carbons (Fsp3) is 0.267. The number of benzene rings is 1. The van der Waals surface area contributed by atoms with Gasteiger partial charge in [0.25, 0.3) is 5.56 Å². The van der Waals surface area contributed by atoms with Gasteiger partial charge in [0.2, 0.25) is 5.91 Å². The number of thiazole rings is 1. The number of rotatable bonds is 1. The molecule has 0 unspecified atom stereocenters. The van der Waals surface area contributed by atoms with Crippen molar-refractivity contribution in [3.63, 3.8) is 0 Å². The van der Waals surface area contributed by atoms with Gasteiger partial charge in [-0.15, -0.1) is 0 Å². The summed E-state index contributed by atoms with van der Waals surface area (Å²) in [6.07, 6.45) is -3.24. The second kappa shape index (κ2) is 5.45. The molecule has 1 aliphatic rings. The van der Waals surface area contributed by atoms with Crippen molar-refractivity contribution in [3.8, 4) is 0 Å². The van der Waals surface area contributed by atoms with Crippen molar-refractivity contribution >= 4 is 23.3 Å². The highest BCUT2D eigenvalue weighted by atomic mass is 32.1. The van der Waals surface area contributed by atoms with E-state index in [0.717, 1.165) is 28.0 Å². The monoisotopic (exact) mass is 340 g/mol. The molecule has 0 N–H and O–H groups in total. The second-order valence-electron chi connectivity index (χ2n) is 5.19. The van der Waals surface area contributed by atoms with E-state index in [9.17, 15) is 22.8 Å². The fourth-order valence-corrected chi connectivity index (χ4v) is 3.45. The summed E-state index contributed by atoms with van der Waals surface area (Å²) < 4.78 is 40.1. The molecule has 0 saturated carbocycles. The molecule has 1 atom stereocenters. The normalized spacial score (nSPS) is 18.7. The first kappa shape index (κ1) is 15.7. The van der Waals surface area contributed by atoms with Crippen molar-refractivity contribution < 1.29 is 18.0 Å². The van der Waals surface area contributed by atoms with Crippen LogP contribution in [0.4, 0.5) is 13.2 Å². The summed E-state index contributed by atoms with van der Waals surface area (Å²) in [7, 11) is 0. The molecule has 1 aliphatic heterocycles. The molecule has 2 heterocycles. The van der Waals surface area contributed by atoms with E-state index in [-0.39, 0.29) is 33.3 Å². The maximum absolute atomic E-state index is 13.0. The number of hydrogen-bond donors (Lipinski definition) is 0. The van der Waals surface area contributed by atoms with Crippen molar-refractivity contribution in [2.24, 2.45) is 4.99 Å². The van der Waals surface area contributed by atoms with Crippen molar-refractivity contribution in [3.05, 3.63) is 55.1 Å². The highest BCUT2D eigenvalue weighted by Crippen LogP contribution is 2.32. The Kier molecular flexibility index (Phi) is 3.71. The standard InChI is InChI=1S/C15H11F3N2O2S/c1-8-6-12(21)20-13(22)11(23-14(20)19-8)7-9-4-2-3-5-10(9)15(16,17)18/h2-5,7-8H,6H2,1H3/b11-7+/t8-/m0/s1. The molecule has 0 fully saturated rings. The maximum Gasteiger partial charge on any atom is 0.416 e. The van der Waals surface area contributed by atoms with Gasteiger partial charge in [-0.05, 0) is 24.6 Å². The molecule has 4 nitrogen and oxygen atoms in total. The highest BCUT2D eigenvalue weighted by Gasteiger charge is 2.32. The number of halogens is 3. The van der Waals surface area contributed by atoms with Crippen molar-refractivity contribution in [1.29, 1.82) is 0 Å². The summed E-state index contributed by atoms with van der Waals surface area (Å²) in [5.74, 6) is -0.382. The molecule has 120 valence electrons. The minimum Gasteiger partial charge on any atom is -0.274 e. The Morgan fingerprint density at radius 1 is 1.30 bits per heavy atom. The van der Waals surface area contributed by atoms with Crippen LogP contribution < -0.4 is 14.9 Å². The SMILES string of the molecule is C[C@H]1CC(=O)n2c(s/c(=C/c3ccccc3C(F)(F)F)c2=O)=N1. The van der Waals surface area contributed by atoms with Crippen LogP contribution in [0.25, 0.3) is 6.08 Å². The molecule has 0 saturated heterocycles. The highest BCUT2D eigenvalue weighted by molar-refractivity contribution is 7.07. The lowest BCUT2D eigenvalue weighted by atomic mass is 10.1. The number of carbonyl (C=O) groups excluding carboxylic acids is 1. The van der Waals surface area contributed by atoms with E-state index >= 15 is 0 Å². The van der Waals surface area contributed by atoms with E-state index in [2.05, 4.69) is 4.99 Å². The van der Waals surface area contributed by atoms with Crippen molar-refractivity contribution in [2.45, 2.75) is 25.6 Å². The minimum atomic E-state index is -4.52. The fourth-order valence-electron chi connectivity index (χ4n) is 2.38. The molecular formula is C15H11F3N2O2S. The van der Waals surface area contributed by atoms with Crippen LogP contribution in [0.15, 0.2) is 34.1 Å². The average Bonchev–Trinajstić information content (AvgIpc) is 2.74. The third-order valence-corrected chi connectivity index (χ3v) is 4.39. The first-order valence-corrected chi connectivity index (χ1v) is 7.60. The summed E-state index contributed by atoms with van der Waals surface area (Å²) in [4.78, 5) is 28.6. The zero-order valence-electron chi connectivity index (χ0n) is 11.9. The van der Waals surface area contributed by atoms with Crippen LogP contribution >= 0.6 is 11.3 Å². The van der Waals surface area contributed by atoms with Gasteiger partial charge in [0.1, 0.15) is 0 Å². The Bertz CT molecular complexity index is 956. The van der Waals surface area contributed by atoms with Crippen LogP contribution in [0.3, 0.4) is 0 Å². The summed E-state index contributed by atoms with van der Waals surface area (Å²) >= 11 is 0.924. The lowest BCUT2D eigenvalue weighted by Gasteiger charge is -2.09. The molecule has 2 aromatic rings. The number of carbonyl (C=O) groups is 1. The van der Waals surface area contributed by atoms with Gasteiger partial charge < -0.3 is 0 Å². The second-order valence-corrected chi connectivity index (χ2v) is 6.20. The Morgan fingerprint density at radius 2 is 2.00 bits per heavy atom. The molecule has 0 radical (unpaired) electrons. The zero-order valence-corrected chi connectivity index (χ0v) is 12.7. The molecular weight excluding hydrogens is 329 g/mol. The van der Waals surface area contributed by atoms with Gasteiger partial charge in [-0.3, -0.25) is 14.6 Å². The van der Waals surface area contributed by atoms with E-state index in [4.69, 9.17) is 0 Å². The molecule has 8 heteroatoms. The largest absolute Gasteiger partial charge is 0.416 e. The predicted molar refractivity (Wildman–Crippen MR) is 79.1 cm³/mol. The Morgan fingerprint density at radius 3 is 2.70 bits per heavy atom. The van der Waals surface area contributed by atoms with Crippen LogP contribution in [0.5, 0.6) is 0 Å². The van der Waals surface area contributed by atoms with Gasteiger partial charge in [0.15, 0.2) is 4.80 Å². The number of hydrogen-bond acceptors (Lipinski definition) is 4. The van der Waals surface area contributed by atoms with E-state index in [1.807, 2.05) is 0 Å². The van der Waals surface area contributed by atoms with Crippen LogP contribution in [-0.4, -0.2) is 16.5 Å². The molecule has 3 rings (SSSR count). The lowest BCUT2D eigenvalue weighted by molar-refractivity contribution is -0.137. The maximum atomic E-state index is 13.0.